The van der Waals surface area contributed by atoms with Crippen molar-refractivity contribution in [1.82, 2.24) is 0 Å². The topological polar surface area (TPSA) is 12.4 Å². The molecule has 0 spiro atoms. The Morgan fingerprint density at radius 2 is 1.91 bits per heavy atom. The fraction of sp³-hybridized carbons (Fsp3) is 0.889. The van der Waals surface area contributed by atoms with Crippen LogP contribution in [0.3, 0.4) is 0 Å². The van der Waals surface area contributed by atoms with Crippen LogP contribution in [0.2, 0.25) is 0 Å². The van der Waals surface area contributed by atoms with Crippen molar-refractivity contribution in [2.75, 3.05) is 20.6 Å². The fourth-order valence-corrected chi connectivity index (χ4v) is 0.481. The summed E-state index contributed by atoms with van der Waals surface area (Å²) in [5.74, 6) is 0.610. The highest BCUT2D eigenvalue weighted by Crippen LogP contribution is 2.00. The van der Waals surface area contributed by atoms with Crippen molar-refractivity contribution >= 4 is 6.21 Å². The Bertz CT molecular complexity index is 128. The molecule has 0 fully saturated rings. The van der Waals surface area contributed by atoms with Gasteiger partial charge in [-0.2, -0.15) is 0 Å². The molecule has 0 aliphatic rings. The van der Waals surface area contributed by atoms with E-state index in [9.17, 15) is 0 Å². The van der Waals surface area contributed by atoms with Crippen LogP contribution < -0.4 is 0 Å². The highest BCUT2D eigenvalue weighted by Gasteiger charge is 2.08. The molecule has 0 heterocycles. The Hall–Kier alpha value is -0.370. The van der Waals surface area contributed by atoms with E-state index in [-0.39, 0.29) is 0 Å². The van der Waals surface area contributed by atoms with E-state index in [1.807, 2.05) is 0 Å². The molecule has 2 heteroatoms. The average Bonchev–Trinajstić information content (AvgIpc) is 2.00. The second kappa shape index (κ2) is 4.50. The van der Waals surface area contributed by atoms with E-state index in [1.54, 1.807) is 0 Å². The summed E-state index contributed by atoms with van der Waals surface area (Å²) in [7, 11) is 4.22. The Balaban J connectivity index is 3.90. The molecule has 0 bridgehead atoms. The molecule has 0 aliphatic heterocycles. The van der Waals surface area contributed by atoms with Crippen LogP contribution in [0.25, 0.3) is 0 Å². The first-order valence-corrected chi connectivity index (χ1v) is 4.40. The highest BCUT2D eigenvalue weighted by molar-refractivity contribution is 5.59. The molecule has 0 rings (SSSR count). The third-order valence-electron chi connectivity index (χ3n) is 2.05. The maximum absolute atomic E-state index is 4.46. The third kappa shape index (κ3) is 4.96. The summed E-state index contributed by atoms with van der Waals surface area (Å²) in [5, 5.41) is 4.46. The summed E-state index contributed by atoms with van der Waals surface area (Å²) >= 11 is 0. The molecule has 0 aromatic rings. The van der Waals surface area contributed by atoms with E-state index in [0.717, 1.165) is 11.1 Å². The van der Waals surface area contributed by atoms with Gasteiger partial charge < -0.3 is 0 Å². The summed E-state index contributed by atoms with van der Waals surface area (Å²) in [6.45, 7) is 7.57. The van der Waals surface area contributed by atoms with Crippen molar-refractivity contribution in [3.63, 3.8) is 0 Å². The lowest BCUT2D eigenvalue weighted by Crippen LogP contribution is -2.33. The van der Waals surface area contributed by atoms with Gasteiger partial charge in [0.1, 0.15) is 0 Å². The minimum atomic E-state index is 0.610. The van der Waals surface area contributed by atoms with Gasteiger partial charge in [0.25, 0.3) is 0 Å². The normalized spacial score (nSPS) is 15.7. The third-order valence-corrected chi connectivity index (χ3v) is 2.05. The standard InChI is InChI=1S/C9H21N2/c1-6-9(3)8-10-11(4,5)7-2/h8-9H,6-7H2,1-5H3/q+1. The van der Waals surface area contributed by atoms with Crippen LogP contribution >= 0.6 is 0 Å². The molecule has 0 saturated heterocycles. The van der Waals surface area contributed by atoms with Gasteiger partial charge in [0.05, 0.1) is 26.9 Å². The largest absolute Gasteiger partial charge is 0.203 e. The van der Waals surface area contributed by atoms with Crippen LogP contribution in [-0.2, 0) is 0 Å². The lowest BCUT2D eigenvalue weighted by atomic mass is 10.1. The van der Waals surface area contributed by atoms with E-state index in [2.05, 4.69) is 46.2 Å². The molecule has 0 aliphatic carbocycles. The number of quaternary nitrogens is 1. The maximum atomic E-state index is 4.46. The molecular formula is C9H21N2+. The summed E-state index contributed by atoms with van der Waals surface area (Å²) < 4.78 is 0.740. The molecule has 0 saturated carbocycles. The fourth-order valence-electron chi connectivity index (χ4n) is 0.481. The molecule has 0 radical (unpaired) electrons. The van der Waals surface area contributed by atoms with Crippen LogP contribution in [-0.4, -0.2) is 31.4 Å². The first kappa shape index (κ1) is 10.6. The zero-order valence-electron chi connectivity index (χ0n) is 8.46. The smallest absolute Gasteiger partial charge is 0.0998 e. The zero-order valence-corrected chi connectivity index (χ0v) is 8.46. The molecule has 1 unspecified atom stereocenters. The molecule has 0 amide bonds. The first-order chi connectivity index (χ1) is 5.02. The molecule has 0 aromatic carbocycles. The van der Waals surface area contributed by atoms with Gasteiger partial charge in [0.15, 0.2) is 0 Å². The average molecular weight is 157 g/mol. The number of rotatable bonds is 4. The van der Waals surface area contributed by atoms with Crippen LogP contribution in [0.5, 0.6) is 0 Å². The highest BCUT2D eigenvalue weighted by atomic mass is 15.6. The van der Waals surface area contributed by atoms with Crippen molar-refractivity contribution in [1.29, 1.82) is 0 Å². The van der Waals surface area contributed by atoms with Crippen molar-refractivity contribution in [2.24, 2.45) is 11.0 Å². The van der Waals surface area contributed by atoms with E-state index in [0.29, 0.717) is 5.92 Å². The predicted octanol–water partition coefficient (Wildman–Crippen LogP) is 2.11. The van der Waals surface area contributed by atoms with Gasteiger partial charge in [-0.15, -0.1) is 0 Å². The Morgan fingerprint density at radius 3 is 2.27 bits per heavy atom. The van der Waals surface area contributed by atoms with E-state index in [1.165, 1.54) is 6.42 Å². The van der Waals surface area contributed by atoms with Crippen molar-refractivity contribution in [2.45, 2.75) is 27.2 Å². The lowest BCUT2D eigenvalue weighted by molar-refractivity contribution is -0.894. The van der Waals surface area contributed by atoms with Gasteiger partial charge in [-0.25, -0.2) is 4.59 Å². The summed E-state index contributed by atoms with van der Waals surface area (Å²) in [6.07, 6.45) is 3.23. The monoisotopic (exact) mass is 157 g/mol. The van der Waals surface area contributed by atoms with Crippen LogP contribution in [0.1, 0.15) is 27.2 Å². The molecule has 0 N–H and O–H groups in total. The van der Waals surface area contributed by atoms with Gasteiger partial charge in [-0.05, 0) is 19.3 Å². The number of hydrogen-bond acceptors (Lipinski definition) is 1. The van der Waals surface area contributed by atoms with Gasteiger partial charge in [-0.3, -0.25) is 0 Å². The quantitative estimate of drug-likeness (QED) is 0.337. The first-order valence-electron chi connectivity index (χ1n) is 4.40. The molecule has 66 valence electrons. The van der Waals surface area contributed by atoms with E-state index < -0.39 is 0 Å². The molecule has 11 heavy (non-hydrogen) atoms. The molecule has 0 aromatic heterocycles. The Labute approximate surface area is 70.5 Å². The second-order valence-corrected chi connectivity index (χ2v) is 3.59. The van der Waals surface area contributed by atoms with Crippen LogP contribution in [0.4, 0.5) is 0 Å². The number of hydrogen-bond donors (Lipinski definition) is 0. The van der Waals surface area contributed by atoms with E-state index in [4.69, 9.17) is 0 Å². The van der Waals surface area contributed by atoms with Crippen molar-refractivity contribution < 1.29 is 4.59 Å². The second-order valence-electron chi connectivity index (χ2n) is 3.59. The maximum Gasteiger partial charge on any atom is 0.0998 e. The van der Waals surface area contributed by atoms with Crippen molar-refractivity contribution in [3.05, 3.63) is 0 Å². The predicted molar refractivity (Wildman–Crippen MR) is 50.6 cm³/mol. The van der Waals surface area contributed by atoms with Gasteiger partial charge >= 0.3 is 0 Å². The molecule has 2 nitrogen and oxygen atoms in total. The minimum Gasteiger partial charge on any atom is -0.203 e. The Morgan fingerprint density at radius 1 is 1.36 bits per heavy atom. The minimum absolute atomic E-state index is 0.610. The lowest BCUT2D eigenvalue weighted by Gasteiger charge is -2.20. The van der Waals surface area contributed by atoms with Gasteiger partial charge in [-0.1, -0.05) is 18.9 Å². The van der Waals surface area contributed by atoms with E-state index >= 15 is 0 Å². The summed E-state index contributed by atoms with van der Waals surface area (Å²) in [6, 6.07) is 0. The van der Waals surface area contributed by atoms with Crippen LogP contribution in [0.15, 0.2) is 5.10 Å². The Kier molecular flexibility index (Phi) is 4.34. The van der Waals surface area contributed by atoms with Gasteiger partial charge in [0, 0.05) is 0 Å². The van der Waals surface area contributed by atoms with Crippen molar-refractivity contribution in [3.8, 4) is 0 Å². The summed E-state index contributed by atoms with van der Waals surface area (Å²) in [5.41, 5.74) is 0. The summed E-state index contributed by atoms with van der Waals surface area (Å²) in [4.78, 5) is 0. The molecular weight excluding hydrogens is 136 g/mol. The molecule has 1 atom stereocenters. The SMILES string of the molecule is CCC(C)C=N[N+](C)(C)CC. The zero-order chi connectivity index (χ0) is 8.91. The van der Waals surface area contributed by atoms with Crippen LogP contribution in [0, 0.1) is 5.92 Å². The number of nitrogens with zero attached hydrogens (tertiary/aromatic N) is 2. The van der Waals surface area contributed by atoms with Gasteiger partial charge in [0.2, 0.25) is 0 Å².